The van der Waals surface area contributed by atoms with E-state index in [2.05, 4.69) is 27.6 Å². The molecule has 3 aromatic carbocycles. The van der Waals surface area contributed by atoms with Gasteiger partial charge in [0.1, 0.15) is 12.4 Å². The number of halogens is 4. The van der Waals surface area contributed by atoms with Crippen LogP contribution in [0.25, 0.3) is 22.4 Å². The Morgan fingerprint density at radius 1 is 0.875 bits per heavy atom. The number of ether oxygens (including phenoxy) is 1. The Labute approximate surface area is 198 Å². The fourth-order valence-electron chi connectivity index (χ4n) is 3.39. The molecule has 0 aliphatic carbocycles. The van der Waals surface area contributed by atoms with Crippen LogP contribution in [-0.2, 0) is 12.8 Å². The molecule has 0 saturated carbocycles. The molecule has 162 valence electrons. The average molecular weight is 545 g/mol. The molecule has 0 radical (unpaired) electrons. The predicted molar refractivity (Wildman–Crippen MR) is 128 cm³/mol. The summed E-state index contributed by atoms with van der Waals surface area (Å²) in [7, 11) is 0. The van der Waals surface area contributed by atoms with Gasteiger partial charge in [0.25, 0.3) is 0 Å². The minimum atomic E-state index is -4.33. The fourth-order valence-corrected chi connectivity index (χ4v) is 3.89. The van der Waals surface area contributed by atoms with Crippen LogP contribution < -0.4 is 4.74 Å². The normalized spacial score (nSPS) is 11.4. The third-order valence-corrected chi connectivity index (χ3v) is 5.82. The summed E-state index contributed by atoms with van der Waals surface area (Å²) in [5.41, 5.74) is 4.74. The maximum Gasteiger partial charge on any atom is 0.416 e. The van der Waals surface area contributed by atoms with Crippen molar-refractivity contribution in [2.45, 2.75) is 19.7 Å². The number of hydrogen-bond donors (Lipinski definition) is 0. The van der Waals surface area contributed by atoms with Crippen LogP contribution in [0.3, 0.4) is 0 Å². The molecular weight excluding hydrogens is 526 g/mol. The lowest BCUT2D eigenvalue weighted by atomic mass is 9.99. The van der Waals surface area contributed by atoms with E-state index in [0.29, 0.717) is 6.61 Å². The van der Waals surface area contributed by atoms with Crippen molar-refractivity contribution < 1.29 is 17.9 Å². The number of pyridine rings is 1. The summed E-state index contributed by atoms with van der Waals surface area (Å²) in [6.07, 6.45) is -2.58. The molecule has 0 aliphatic rings. The van der Waals surface area contributed by atoms with E-state index in [1.165, 1.54) is 12.1 Å². The van der Waals surface area contributed by atoms with Gasteiger partial charge < -0.3 is 4.74 Å². The first kappa shape index (κ1) is 22.3. The standard InChI is InChI=1S/C26H19F3INO/c1-17-14-19(18-7-9-21(10-8-18)26(27,28)29)5-6-20(17)16-32-25-12-11-22(30)15-23(25)24-4-2-3-13-31-24/h2-15H,16H2,1H3. The molecule has 0 amide bonds. The van der Waals surface area contributed by atoms with E-state index in [9.17, 15) is 13.2 Å². The summed E-state index contributed by atoms with van der Waals surface area (Å²) in [5.74, 6) is 0.746. The Bertz CT molecular complexity index is 1220. The summed E-state index contributed by atoms with van der Waals surface area (Å²) < 4.78 is 45.6. The van der Waals surface area contributed by atoms with Gasteiger partial charge in [0.2, 0.25) is 0 Å². The summed E-state index contributed by atoms with van der Waals surface area (Å²) >= 11 is 2.26. The molecule has 0 fully saturated rings. The van der Waals surface area contributed by atoms with Gasteiger partial charge in [-0.1, -0.05) is 36.4 Å². The van der Waals surface area contributed by atoms with Crippen LogP contribution in [0.5, 0.6) is 5.75 Å². The lowest BCUT2D eigenvalue weighted by Crippen LogP contribution is -2.04. The molecule has 0 atom stereocenters. The second-order valence-electron chi connectivity index (χ2n) is 7.36. The van der Waals surface area contributed by atoms with Crippen molar-refractivity contribution in [2.75, 3.05) is 0 Å². The van der Waals surface area contributed by atoms with Crippen LogP contribution in [0.4, 0.5) is 13.2 Å². The summed E-state index contributed by atoms with van der Waals surface area (Å²) in [6, 6.07) is 22.8. The second-order valence-corrected chi connectivity index (χ2v) is 8.61. The lowest BCUT2D eigenvalue weighted by molar-refractivity contribution is -0.137. The van der Waals surface area contributed by atoms with E-state index >= 15 is 0 Å². The molecule has 32 heavy (non-hydrogen) atoms. The topological polar surface area (TPSA) is 22.1 Å². The number of nitrogens with zero attached hydrogens (tertiary/aromatic N) is 1. The Balaban J connectivity index is 1.53. The van der Waals surface area contributed by atoms with Gasteiger partial charge in [-0.25, -0.2) is 0 Å². The van der Waals surface area contributed by atoms with E-state index in [4.69, 9.17) is 4.74 Å². The smallest absolute Gasteiger partial charge is 0.416 e. The molecule has 0 saturated heterocycles. The van der Waals surface area contributed by atoms with Crippen molar-refractivity contribution in [1.29, 1.82) is 0 Å². The number of hydrogen-bond acceptors (Lipinski definition) is 2. The molecule has 4 rings (SSSR count). The molecule has 0 N–H and O–H groups in total. The molecule has 6 heteroatoms. The van der Waals surface area contributed by atoms with Crippen LogP contribution in [0.15, 0.2) is 85.1 Å². The van der Waals surface area contributed by atoms with Gasteiger partial charge in [-0.3, -0.25) is 4.98 Å². The van der Waals surface area contributed by atoms with Crippen molar-refractivity contribution in [3.05, 3.63) is 105 Å². The highest BCUT2D eigenvalue weighted by molar-refractivity contribution is 14.1. The van der Waals surface area contributed by atoms with E-state index < -0.39 is 11.7 Å². The molecule has 0 unspecified atom stereocenters. The number of alkyl halides is 3. The molecule has 4 aromatic rings. The maximum atomic E-state index is 12.8. The van der Waals surface area contributed by atoms with Crippen LogP contribution >= 0.6 is 22.6 Å². The van der Waals surface area contributed by atoms with Crippen molar-refractivity contribution in [3.8, 4) is 28.1 Å². The molecule has 0 aliphatic heterocycles. The van der Waals surface area contributed by atoms with Crippen molar-refractivity contribution in [1.82, 2.24) is 4.98 Å². The first-order valence-electron chi connectivity index (χ1n) is 9.92. The third-order valence-electron chi connectivity index (χ3n) is 5.15. The largest absolute Gasteiger partial charge is 0.488 e. The van der Waals surface area contributed by atoms with Gasteiger partial charge in [-0.05, 0) is 94.2 Å². The van der Waals surface area contributed by atoms with Crippen molar-refractivity contribution in [3.63, 3.8) is 0 Å². The fraction of sp³-hybridized carbons (Fsp3) is 0.115. The number of benzene rings is 3. The summed E-state index contributed by atoms with van der Waals surface area (Å²) in [6.45, 7) is 2.35. The maximum absolute atomic E-state index is 12.8. The second kappa shape index (κ2) is 9.32. The molecule has 1 aromatic heterocycles. The minimum absolute atomic E-state index is 0.375. The molecule has 1 heterocycles. The van der Waals surface area contributed by atoms with Gasteiger partial charge in [-0.2, -0.15) is 13.2 Å². The van der Waals surface area contributed by atoms with E-state index in [1.54, 1.807) is 6.20 Å². The zero-order chi connectivity index (χ0) is 22.7. The highest BCUT2D eigenvalue weighted by Crippen LogP contribution is 2.33. The highest BCUT2D eigenvalue weighted by Gasteiger charge is 2.29. The van der Waals surface area contributed by atoms with Gasteiger partial charge in [0.15, 0.2) is 0 Å². The van der Waals surface area contributed by atoms with Crippen LogP contribution in [0.1, 0.15) is 16.7 Å². The third kappa shape index (κ3) is 5.12. The minimum Gasteiger partial charge on any atom is -0.488 e. The lowest BCUT2D eigenvalue weighted by Gasteiger charge is -2.14. The quantitative estimate of drug-likeness (QED) is 0.238. The van der Waals surface area contributed by atoms with Gasteiger partial charge >= 0.3 is 6.18 Å². The Morgan fingerprint density at radius 2 is 1.62 bits per heavy atom. The summed E-state index contributed by atoms with van der Waals surface area (Å²) in [5, 5.41) is 0. The number of rotatable bonds is 5. The first-order valence-corrected chi connectivity index (χ1v) is 11.0. The Hall–Kier alpha value is -2.87. The van der Waals surface area contributed by atoms with Crippen LogP contribution in [-0.4, -0.2) is 4.98 Å². The van der Waals surface area contributed by atoms with E-state index in [1.807, 2.05) is 61.5 Å². The first-order chi connectivity index (χ1) is 15.3. The Morgan fingerprint density at radius 3 is 2.28 bits per heavy atom. The van der Waals surface area contributed by atoms with Gasteiger partial charge in [-0.15, -0.1) is 0 Å². The monoisotopic (exact) mass is 545 g/mol. The molecule has 0 bridgehead atoms. The molecular formula is C26H19F3INO. The van der Waals surface area contributed by atoms with Gasteiger partial charge in [0.05, 0.1) is 11.3 Å². The zero-order valence-corrected chi connectivity index (χ0v) is 19.3. The van der Waals surface area contributed by atoms with Crippen LogP contribution in [0, 0.1) is 10.5 Å². The predicted octanol–water partition coefficient (Wildman–Crippen LogP) is 7.93. The van der Waals surface area contributed by atoms with Crippen molar-refractivity contribution in [2.24, 2.45) is 0 Å². The number of aryl methyl sites for hydroxylation is 1. The zero-order valence-electron chi connectivity index (χ0n) is 17.2. The average Bonchev–Trinajstić information content (AvgIpc) is 2.79. The van der Waals surface area contributed by atoms with Crippen LogP contribution in [0.2, 0.25) is 0 Å². The SMILES string of the molecule is Cc1cc(-c2ccc(C(F)(F)F)cc2)ccc1COc1ccc(I)cc1-c1ccccn1. The number of aromatic nitrogens is 1. The molecule has 2 nitrogen and oxygen atoms in total. The van der Waals surface area contributed by atoms with Crippen molar-refractivity contribution >= 4 is 22.6 Å². The summed E-state index contributed by atoms with van der Waals surface area (Å²) in [4.78, 5) is 4.44. The Kier molecular flexibility index (Phi) is 6.50. The van der Waals surface area contributed by atoms with Gasteiger partial charge in [0, 0.05) is 15.3 Å². The molecule has 0 spiro atoms. The van der Waals surface area contributed by atoms with E-state index in [-0.39, 0.29) is 0 Å². The highest BCUT2D eigenvalue weighted by atomic mass is 127. The van der Waals surface area contributed by atoms with E-state index in [0.717, 1.165) is 55.0 Å².